The van der Waals surface area contributed by atoms with Gasteiger partial charge in [-0.2, -0.15) is 0 Å². The molecule has 0 radical (unpaired) electrons. The molecule has 2 N–H and O–H groups in total. The van der Waals surface area contributed by atoms with Crippen LogP contribution in [0.25, 0.3) is 0 Å². The Labute approximate surface area is 161 Å². The average molecular weight is 367 g/mol. The quantitative estimate of drug-likeness (QED) is 0.582. The van der Waals surface area contributed by atoms with Crippen LogP contribution in [0.4, 0.5) is 5.69 Å². The largest absolute Gasteiger partial charge is 0.373 e. The number of hydrogen-bond donors (Lipinski definition) is 2. The summed E-state index contributed by atoms with van der Waals surface area (Å²) in [6.45, 7) is 2.29. The van der Waals surface area contributed by atoms with E-state index in [1.54, 1.807) is 26.0 Å². The van der Waals surface area contributed by atoms with Crippen LogP contribution in [0.2, 0.25) is 0 Å². The molecule has 27 heavy (non-hydrogen) atoms. The van der Waals surface area contributed by atoms with Gasteiger partial charge in [0, 0.05) is 59.1 Å². The number of rotatable bonds is 7. The third kappa shape index (κ3) is 6.33. The number of carbonyl (C=O) groups is 1. The van der Waals surface area contributed by atoms with Crippen LogP contribution in [0.15, 0.2) is 59.6 Å². The lowest BCUT2D eigenvalue weighted by Crippen LogP contribution is -2.40. The molecule has 0 bridgehead atoms. The first-order valence-corrected chi connectivity index (χ1v) is 9.02. The van der Waals surface area contributed by atoms with Crippen LogP contribution in [0.5, 0.6) is 0 Å². The molecule has 0 aromatic heterocycles. The molecule has 2 rings (SSSR count). The molecule has 6 nitrogen and oxygen atoms in total. The summed E-state index contributed by atoms with van der Waals surface area (Å²) < 4.78 is 0. The molecule has 0 fully saturated rings. The zero-order valence-corrected chi connectivity index (χ0v) is 16.6. The van der Waals surface area contributed by atoms with E-state index in [1.807, 2.05) is 42.5 Å². The van der Waals surface area contributed by atoms with Crippen LogP contribution in [0.3, 0.4) is 0 Å². The minimum absolute atomic E-state index is 0.00882. The van der Waals surface area contributed by atoms with Crippen molar-refractivity contribution in [2.45, 2.75) is 6.54 Å². The van der Waals surface area contributed by atoms with Crippen molar-refractivity contribution < 1.29 is 4.79 Å². The van der Waals surface area contributed by atoms with Crippen LogP contribution < -0.4 is 15.5 Å². The fourth-order valence-electron chi connectivity index (χ4n) is 2.58. The first-order chi connectivity index (χ1) is 13.0. The van der Waals surface area contributed by atoms with Gasteiger partial charge in [0.1, 0.15) is 0 Å². The summed E-state index contributed by atoms with van der Waals surface area (Å²) in [5.41, 5.74) is 2.97. The van der Waals surface area contributed by atoms with Crippen molar-refractivity contribution in [2.75, 3.05) is 46.2 Å². The summed E-state index contributed by atoms with van der Waals surface area (Å²) in [6.07, 6.45) is 0. The van der Waals surface area contributed by atoms with Gasteiger partial charge in [0.2, 0.25) is 0 Å². The molecule has 144 valence electrons. The normalized spacial score (nSPS) is 11.0. The van der Waals surface area contributed by atoms with Gasteiger partial charge >= 0.3 is 0 Å². The van der Waals surface area contributed by atoms with E-state index in [1.165, 1.54) is 5.69 Å². The molecule has 6 heteroatoms. The fourth-order valence-corrected chi connectivity index (χ4v) is 2.58. The Morgan fingerprint density at radius 3 is 2.22 bits per heavy atom. The highest BCUT2D eigenvalue weighted by Gasteiger charge is 2.07. The molecular formula is C21H29N5O. The van der Waals surface area contributed by atoms with E-state index >= 15 is 0 Å². The summed E-state index contributed by atoms with van der Waals surface area (Å²) in [5, 5.41) is 6.62. The van der Waals surface area contributed by atoms with Crippen molar-refractivity contribution in [3.8, 4) is 0 Å². The molecule has 2 aromatic carbocycles. The summed E-state index contributed by atoms with van der Waals surface area (Å²) in [7, 11) is 7.34. The lowest BCUT2D eigenvalue weighted by molar-refractivity contribution is 0.0827. The molecule has 1 amide bonds. The van der Waals surface area contributed by atoms with Crippen molar-refractivity contribution in [3.63, 3.8) is 0 Å². The summed E-state index contributed by atoms with van der Waals surface area (Å²) >= 11 is 0. The number of carbonyl (C=O) groups excluding carboxylic acids is 1. The molecule has 0 aliphatic carbocycles. The third-order valence-electron chi connectivity index (χ3n) is 4.23. The minimum Gasteiger partial charge on any atom is -0.373 e. The maximum Gasteiger partial charge on any atom is 0.253 e. The predicted molar refractivity (Wildman–Crippen MR) is 112 cm³/mol. The fraction of sp³-hybridized carbons (Fsp3) is 0.333. The predicted octanol–water partition coefficient (Wildman–Crippen LogP) is 2.19. The lowest BCUT2D eigenvalue weighted by atomic mass is 10.1. The van der Waals surface area contributed by atoms with Crippen molar-refractivity contribution in [1.82, 2.24) is 15.5 Å². The molecule has 2 aromatic rings. The number of nitrogens with one attached hydrogen (secondary N) is 2. The van der Waals surface area contributed by atoms with E-state index in [4.69, 9.17) is 0 Å². The van der Waals surface area contributed by atoms with Gasteiger partial charge in [-0.1, -0.05) is 30.3 Å². The number of guanidine groups is 1. The number of hydrogen-bond acceptors (Lipinski definition) is 3. The maximum atomic E-state index is 11.9. The molecule has 0 aliphatic heterocycles. The second-order valence-electron chi connectivity index (χ2n) is 6.51. The van der Waals surface area contributed by atoms with Crippen LogP contribution in [0.1, 0.15) is 15.9 Å². The highest BCUT2D eigenvalue weighted by Crippen LogP contribution is 2.09. The van der Waals surface area contributed by atoms with Gasteiger partial charge in [-0.3, -0.25) is 9.79 Å². The van der Waals surface area contributed by atoms with Gasteiger partial charge in [-0.25, -0.2) is 0 Å². The van der Waals surface area contributed by atoms with Gasteiger partial charge in [0.15, 0.2) is 5.96 Å². The molecule has 0 spiro atoms. The minimum atomic E-state index is 0.00882. The molecule has 0 aliphatic rings. The zero-order chi connectivity index (χ0) is 19.6. The van der Waals surface area contributed by atoms with Gasteiger partial charge in [0.05, 0.1) is 0 Å². The van der Waals surface area contributed by atoms with E-state index in [-0.39, 0.29) is 5.91 Å². The second-order valence-corrected chi connectivity index (χ2v) is 6.51. The van der Waals surface area contributed by atoms with Gasteiger partial charge in [-0.15, -0.1) is 0 Å². The number of likely N-dealkylation sites (N-methyl/N-ethyl adjacent to an activating group) is 1. The first-order valence-electron chi connectivity index (χ1n) is 9.02. The van der Waals surface area contributed by atoms with Crippen molar-refractivity contribution in [2.24, 2.45) is 4.99 Å². The van der Waals surface area contributed by atoms with Crippen molar-refractivity contribution in [1.29, 1.82) is 0 Å². The number of amides is 1. The molecule has 0 unspecified atom stereocenters. The molecule has 0 saturated heterocycles. The van der Waals surface area contributed by atoms with E-state index in [9.17, 15) is 4.79 Å². The van der Waals surface area contributed by atoms with Gasteiger partial charge in [0.25, 0.3) is 5.91 Å². The van der Waals surface area contributed by atoms with Crippen LogP contribution in [-0.2, 0) is 6.54 Å². The number of aliphatic imine (C=N–C) groups is 1. The number of anilines is 1. The Morgan fingerprint density at radius 1 is 0.963 bits per heavy atom. The zero-order valence-electron chi connectivity index (χ0n) is 16.6. The van der Waals surface area contributed by atoms with E-state index < -0.39 is 0 Å². The molecular weight excluding hydrogens is 338 g/mol. The lowest BCUT2D eigenvalue weighted by Gasteiger charge is -2.20. The SMILES string of the molecule is CN=C(NCCN(C)c1ccccc1)NCc1ccc(C(=O)N(C)C)cc1. The van der Waals surface area contributed by atoms with Crippen molar-refractivity contribution >= 4 is 17.6 Å². The Hall–Kier alpha value is -3.02. The van der Waals surface area contributed by atoms with E-state index in [2.05, 4.69) is 39.7 Å². The summed E-state index contributed by atoms with van der Waals surface area (Å²) in [5.74, 6) is 0.763. The monoisotopic (exact) mass is 367 g/mol. The Kier molecular flexibility index (Phi) is 7.67. The first kappa shape index (κ1) is 20.3. The van der Waals surface area contributed by atoms with E-state index in [0.717, 1.165) is 24.6 Å². The smallest absolute Gasteiger partial charge is 0.253 e. The second kappa shape index (κ2) is 10.2. The average Bonchev–Trinajstić information content (AvgIpc) is 2.70. The highest BCUT2D eigenvalue weighted by molar-refractivity contribution is 5.93. The molecule has 0 saturated carbocycles. The number of nitrogens with zero attached hydrogens (tertiary/aromatic N) is 3. The summed E-state index contributed by atoms with van der Waals surface area (Å²) in [4.78, 5) is 19.9. The van der Waals surface area contributed by atoms with E-state index in [0.29, 0.717) is 12.1 Å². The number of benzene rings is 2. The highest BCUT2D eigenvalue weighted by atomic mass is 16.2. The summed E-state index contributed by atoms with van der Waals surface area (Å²) in [6, 6.07) is 17.9. The standard InChI is InChI=1S/C21H29N5O/c1-22-21(23-14-15-26(4)19-8-6-5-7-9-19)24-16-17-10-12-18(13-11-17)20(27)25(2)3/h5-13H,14-16H2,1-4H3,(H2,22,23,24). The van der Waals surface area contributed by atoms with Gasteiger partial charge < -0.3 is 20.4 Å². The topological polar surface area (TPSA) is 60.0 Å². The third-order valence-corrected chi connectivity index (χ3v) is 4.23. The Morgan fingerprint density at radius 2 is 1.63 bits per heavy atom. The van der Waals surface area contributed by atoms with Crippen LogP contribution in [-0.4, -0.2) is 58.0 Å². The van der Waals surface area contributed by atoms with Crippen LogP contribution in [0, 0.1) is 0 Å². The van der Waals surface area contributed by atoms with Crippen molar-refractivity contribution in [3.05, 3.63) is 65.7 Å². The number of para-hydroxylation sites is 1. The maximum absolute atomic E-state index is 11.9. The van der Waals surface area contributed by atoms with Crippen LogP contribution >= 0.6 is 0 Å². The molecule has 0 heterocycles. The van der Waals surface area contributed by atoms with Gasteiger partial charge in [-0.05, 0) is 29.8 Å². The Bertz CT molecular complexity index is 741. The molecule has 0 atom stereocenters. The Balaban J connectivity index is 1.77.